The second kappa shape index (κ2) is 14.3. The van der Waals surface area contributed by atoms with E-state index >= 15 is 8.78 Å². The molecule has 9 N–H and O–H groups in total. The third kappa shape index (κ3) is 6.76. The van der Waals surface area contributed by atoms with E-state index in [-0.39, 0.29) is 23.6 Å². The van der Waals surface area contributed by atoms with Crippen molar-refractivity contribution >= 4 is 71.5 Å². The van der Waals surface area contributed by atoms with Gasteiger partial charge in [-0.15, -0.1) is 0 Å². The van der Waals surface area contributed by atoms with Gasteiger partial charge in [0.15, 0.2) is 58.8 Å². The summed E-state index contributed by atoms with van der Waals surface area (Å²) in [6.07, 6.45) is -3.72. The molecule has 5 aliphatic rings. The Balaban J connectivity index is 0.00000216. The fourth-order valence-electron chi connectivity index (χ4n) is 5.87. The Morgan fingerprint density at radius 3 is 1.80 bits per heavy atom. The van der Waals surface area contributed by atoms with Gasteiger partial charge in [-0.05, 0) is 11.8 Å². The number of hydrogen-bond acceptors (Lipinski definition) is 18. The van der Waals surface area contributed by atoms with Gasteiger partial charge in [-0.1, -0.05) is 24.4 Å². The van der Waals surface area contributed by atoms with E-state index in [0.717, 1.165) is 0 Å². The molecule has 0 aliphatic carbocycles. The van der Waals surface area contributed by atoms with Crippen molar-refractivity contribution in [3.8, 4) is 0 Å². The molecule has 3 saturated heterocycles. The Kier molecular flexibility index (Phi) is 10.6. The summed E-state index contributed by atoms with van der Waals surface area (Å²) in [5, 5.41) is 6.30. The predicted octanol–water partition coefficient (Wildman–Crippen LogP) is 2.93. The summed E-state index contributed by atoms with van der Waals surface area (Å²) in [5.41, 5.74) is 1.09. The van der Waals surface area contributed by atoms with Gasteiger partial charge < -0.3 is 41.8 Å². The van der Waals surface area contributed by atoms with Crippen LogP contribution in [0.25, 0.3) is 22.3 Å². The van der Waals surface area contributed by atoms with Crippen LogP contribution in [-0.2, 0) is 43.9 Å². The number of rotatable bonds is 0. The molecule has 26 heteroatoms. The van der Waals surface area contributed by atoms with Gasteiger partial charge in [-0.2, -0.15) is 0 Å². The minimum atomic E-state index is -4.38. The number of imidazole rings is 2. The monoisotopic (exact) mass is 780 g/mol. The maximum atomic E-state index is 16.2. The number of halogens is 2. The highest BCUT2D eigenvalue weighted by Crippen LogP contribution is 2.58. The third-order valence-electron chi connectivity index (χ3n) is 8.05. The van der Waals surface area contributed by atoms with Gasteiger partial charge >= 0.3 is 13.5 Å². The largest absolute Gasteiger partial charge is 0.386 e. The van der Waals surface area contributed by atoms with Crippen molar-refractivity contribution < 1.29 is 45.8 Å². The van der Waals surface area contributed by atoms with Crippen LogP contribution in [0.5, 0.6) is 0 Å². The topological polar surface area (TPSA) is 274 Å². The summed E-state index contributed by atoms with van der Waals surface area (Å²) in [6, 6.07) is 0. The van der Waals surface area contributed by atoms with Crippen LogP contribution in [0.1, 0.15) is 12.5 Å². The summed E-state index contributed by atoms with van der Waals surface area (Å²) < 4.78 is 82.8. The van der Waals surface area contributed by atoms with E-state index in [1.165, 1.54) is 34.4 Å². The molecule has 50 heavy (non-hydrogen) atoms. The van der Waals surface area contributed by atoms with Crippen molar-refractivity contribution in [2.45, 2.75) is 49.2 Å². The molecule has 0 amide bonds. The lowest BCUT2D eigenvalue weighted by Gasteiger charge is -2.29. The van der Waals surface area contributed by atoms with Crippen LogP contribution < -0.4 is 22.9 Å². The van der Waals surface area contributed by atoms with E-state index in [0.29, 0.717) is 35.8 Å². The summed E-state index contributed by atoms with van der Waals surface area (Å²) in [7, 11) is 0. The summed E-state index contributed by atoms with van der Waals surface area (Å²) in [5.74, 6) is 0.753. The van der Waals surface area contributed by atoms with Crippen LogP contribution in [0, 0.1) is 0 Å². The zero-order chi connectivity index (χ0) is 33.2. The van der Waals surface area contributed by atoms with Gasteiger partial charge in [-0.25, -0.2) is 43.2 Å². The lowest BCUT2D eigenvalue weighted by Crippen LogP contribution is -2.37. The molecule has 272 valence electrons. The molecule has 0 spiro atoms. The zero-order valence-corrected chi connectivity index (χ0v) is 29.2. The normalized spacial score (nSPS) is 35.8. The second-order valence-corrected chi connectivity index (χ2v) is 16.7. The molecule has 5 aliphatic heterocycles. The van der Waals surface area contributed by atoms with Crippen molar-refractivity contribution in [1.29, 1.82) is 0 Å². The predicted molar refractivity (Wildman–Crippen MR) is 179 cm³/mol. The molecule has 0 saturated carbocycles. The highest BCUT2D eigenvalue weighted by Gasteiger charge is 2.54. The Bertz CT molecular complexity index is 1860. The average Bonchev–Trinajstić information content (AvgIpc) is 3.81. The number of nitrogens with one attached hydrogen (secondary N) is 2. The summed E-state index contributed by atoms with van der Waals surface area (Å²) in [4.78, 5) is 36.8. The van der Waals surface area contributed by atoms with Gasteiger partial charge in [-0.3, -0.25) is 22.7 Å². The number of ether oxygens (including phenoxy) is 2. The Morgan fingerprint density at radius 2 is 1.28 bits per heavy atom. The zero-order valence-electron chi connectivity index (χ0n) is 25.7. The van der Waals surface area contributed by atoms with Crippen molar-refractivity contribution in [1.82, 2.24) is 51.3 Å². The Labute approximate surface area is 291 Å². The summed E-state index contributed by atoms with van der Waals surface area (Å²) >= 11 is 9.28. The van der Waals surface area contributed by atoms with Crippen molar-refractivity contribution in [2.75, 3.05) is 36.9 Å². The van der Waals surface area contributed by atoms with Crippen LogP contribution in [-0.4, -0.2) is 107 Å². The second-order valence-electron chi connectivity index (χ2n) is 11.0. The molecule has 9 rings (SSSR count). The number of hydrogen-bond donors (Lipinski definition) is 6. The number of alkyl halides is 2. The van der Waals surface area contributed by atoms with E-state index in [4.69, 9.17) is 39.4 Å². The van der Waals surface area contributed by atoms with Gasteiger partial charge in [0.25, 0.3) is 0 Å². The fourth-order valence-corrected chi connectivity index (χ4v) is 8.79. The van der Waals surface area contributed by atoms with Crippen LogP contribution in [0.15, 0.2) is 37.5 Å². The first-order valence-electron chi connectivity index (χ1n) is 14.5. The van der Waals surface area contributed by atoms with Gasteiger partial charge in [0.2, 0.25) is 0 Å². The maximum Gasteiger partial charge on any atom is 0.386 e. The number of anilines is 2. The minimum absolute atomic E-state index is 0. The molecule has 20 nitrogen and oxygen atoms in total. The lowest BCUT2D eigenvalue weighted by molar-refractivity contribution is -0.0564. The first-order chi connectivity index (χ1) is 23.1. The van der Waals surface area contributed by atoms with Crippen LogP contribution in [0.4, 0.5) is 20.4 Å². The van der Waals surface area contributed by atoms with Crippen molar-refractivity contribution in [3.05, 3.63) is 37.5 Å². The SMILES string of the molecule is N.N.O=P1(S)OC[C@H]2O[C@@H]3[C@H](F)[C@@H]2OP(O)(=S)OC[C@H]2O[C@H]([C@H](F)[C@@H]2O1)n1cnc2c(ncnc21)NCC=CCNc1ncnc2c1ncn23. The molecule has 9 heterocycles. The van der Waals surface area contributed by atoms with Crippen molar-refractivity contribution in [3.63, 3.8) is 0 Å². The highest BCUT2D eigenvalue weighted by atomic mass is 32.7. The number of aromatic nitrogens is 8. The minimum Gasteiger partial charge on any atom is -0.365 e. The standard InChI is InChI=1S/C24H26F2N10O8P2S2.2H3N/c25-13-17-11-5-39-46(38,48)44-18-12(6-40-45(37,47)43-17)42-24(14(18)26)36-10-34-16-20(30-8-32-22(16)36)28-4-2-1-3-27-19-15-21(31-7-29-19)35(9-33-15)23(13)41-11;;/h1-2,7-14,17-18,23-24H,3-6H2,(H,37,47)(H,38,48)(H,27,29,31)(H,28,30,32);2*1H3/t11-,12-,13-,14-,17-,18-,23-,24-,45?,46?;;/m1../s1. The molecule has 2 unspecified atom stereocenters. The van der Waals surface area contributed by atoms with E-state index in [1.54, 1.807) is 0 Å². The average molecular weight is 781 g/mol. The number of nitrogens with zero attached hydrogens (tertiary/aromatic N) is 8. The van der Waals surface area contributed by atoms with Gasteiger partial charge in [0.05, 0.1) is 25.9 Å². The van der Waals surface area contributed by atoms with Crippen LogP contribution in [0.3, 0.4) is 0 Å². The molecule has 14 bridgehead atoms. The molecule has 10 atom stereocenters. The molecule has 4 aromatic heterocycles. The lowest BCUT2D eigenvalue weighted by atomic mass is 10.1. The molecule has 0 radical (unpaired) electrons. The molecular weight excluding hydrogens is 748 g/mol. The van der Waals surface area contributed by atoms with Crippen LogP contribution in [0.2, 0.25) is 0 Å². The fraction of sp³-hybridized carbons (Fsp3) is 0.500. The van der Waals surface area contributed by atoms with E-state index < -0.39 is 75.9 Å². The Hall–Kier alpha value is -2.83. The van der Waals surface area contributed by atoms with Crippen LogP contribution >= 0.6 is 25.8 Å². The molecule has 3 fully saturated rings. The summed E-state index contributed by atoms with van der Waals surface area (Å²) in [6.45, 7) is -9.13. The highest BCUT2D eigenvalue weighted by molar-refractivity contribution is 8.44. The first kappa shape index (κ1) is 36.9. The number of thiol groups is 1. The van der Waals surface area contributed by atoms with Gasteiger partial charge in [0, 0.05) is 13.1 Å². The van der Waals surface area contributed by atoms with E-state index in [2.05, 4.69) is 52.8 Å². The van der Waals surface area contributed by atoms with E-state index in [9.17, 15) is 9.46 Å². The number of fused-ring (bicyclic) bond motifs is 10. The van der Waals surface area contributed by atoms with Crippen molar-refractivity contribution in [2.24, 2.45) is 0 Å². The molecule has 4 aromatic rings. The Morgan fingerprint density at radius 1 is 0.800 bits per heavy atom. The third-order valence-corrected chi connectivity index (χ3v) is 11.2. The maximum absolute atomic E-state index is 16.2. The molecular formula is C24H32F2N12O8P2S2. The van der Waals surface area contributed by atoms with E-state index in [1.807, 2.05) is 12.2 Å². The quantitative estimate of drug-likeness (QED) is 0.0850. The molecule has 0 aromatic carbocycles. The van der Waals surface area contributed by atoms with Gasteiger partial charge in [0.1, 0.15) is 37.1 Å². The first-order valence-corrected chi connectivity index (χ1v) is 19.8. The smallest absolute Gasteiger partial charge is 0.365 e.